The maximum atomic E-state index is 12.0. The molecule has 118 valence electrons. The molecule has 22 heavy (non-hydrogen) atoms. The third kappa shape index (κ3) is 5.23. The second-order valence-electron chi connectivity index (χ2n) is 4.46. The Morgan fingerprint density at radius 1 is 1.09 bits per heavy atom. The fraction of sp³-hybridized carbons (Fsp3) is 0.200. The number of hydrogen-bond acceptors (Lipinski definition) is 4. The predicted molar refractivity (Wildman–Crippen MR) is 90.0 cm³/mol. The van der Waals surface area contributed by atoms with Gasteiger partial charge in [-0.05, 0) is 42.5 Å². The van der Waals surface area contributed by atoms with Crippen LogP contribution in [-0.2, 0) is 10.0 Å². The average molecular weight is 386 g/mol. The fourth-order valence-corrected chi connectivity index (χ4v) is 3.01. The molecule has 0 amide bonds. The zero-order chi connectivity index (χ0) is 16.0. The molecule has 7 heteroatoms. The third-order valence-corrected chi connectivity index (χ3v) is 4.52. The van der Waals surface area contributed by atoms with Crippen molar-refractivity contribution in [1.29, 1.82) is 0 Å². The molecule has 0 saturated carbocycles. The van der Waals surface area contributed by atoms with Crippen LogP contribution >= 0.6 is 15.9 Å². The van der Waals surface area contributed by atoms with Crippen LogP contribution in [0.5, 0.6) is 11.5 Å². The molecule has 0 radical (unpaired) electrons. The first-order valence-electron chi connectivity index (χ1n) is 6.51. The average Bonchev–Trinajstić information content (AvgIpc) is 2.47. The number of anilines is 1. The predicted octanol–water partition coefficient (Wildman–Crippen LogP) is 3.28. The van der Waals surface area contributed by atoms with Crippen LogP contribution in [0.25, 0.3) is 0 Å². The van der Waals surface area contributed by atoms with Gasteiger partial charge < -0.3 is 9.47 Å². The topological polar surface area (TPSA) is 64.6 Å². The van der Waals surface area contributed by atoms with Crippen LogP contribution in [0, 0.1) is 0 Å². The van der Waals surface area contributed by atoms with Crippen molar-refractivity contribution in [3.05, 3.63) is 53.0 Å². The van der Waals surface area contributed by atoms with E-state index in [1.54, 1.807) is 49.6 Å². The number of rotatable bonds is 7. The summed E-state index contributed by atoms with van der Waals surface area (Å²) in [6.07, 6.45) is 0. The maximum Gasteiger partial charge on any atom is 0.236 e. The number of methoxy groups -OCH3 is 1. The van der Waals surface area contributed by atoms with E-state index >= 15 is 0 Å². The molecule has 0 heterocycles. The molecule has 0 saturated heterocycles. The van der Waals surface area contributed by atoms with Crippen LogP contribution < -0.4 is 14.2 Å². The van der Waals surface area contributed by atoms with Gasteiger partial charge in [-0.2, -0.15) is 0 Å². The molecule has 0 aliphatic rings. The van der Waals surface area contributed by atoms with E-state index < -0.39 is 10.0 Å². The van der Waals surface area contributed by atoms with Crippen molar-refractivity contribution in [1.82, 2.24) is 0 Å². The van der Waals surface area contributed by atoms with Gasteiger partial charge in [0.15, 0.2) is 0 Å². The van der Waals surface area contributed by atoms with Crippen LogP contribution in [0.3, 0.4) is 0 Å². The lowest BCUT2D eigenvalue weighted by Crippen LogP contribution is -2.21. The Hall–Kier alpha value is -1.73. The number of hydrogen-bond donors (Lipinski definition) is 1. The lowest BCUT2D eigenvalue weighted by molar-refractivity contribution is 0.340. The minimum atomic E-state index is -3.45. The van der Waals surface area contributed by atoms with E-state index in [0.717, 1.165) is 10.2 Å². The second-order valence-corrected chi connectivity index (χ2v) is 7.21. The summed E-state index contributed by atoms with van der Waals surface area (Å²) < 4.78 is 37.7. The Kier molecular flexibility index (Phi) is 5.68. The van der Waals surface area contributed by atoms with Gasteiger partial charge in [-0.15, -0.1) is 0 Å². The molecule has 1 N–H and O–H groups in total. The van der Waals surface area contributed by atoms with Gasteiger partial charge in [0, 0.05) is 10.2 Å². The largest absolute Gasteiger partial charge is 0.497 e. The van der Waals surface area contributed by atoms with Gasteiger partial charge in [0.2, 0.25) is 10.0 Å². The third-order valence-electron chi connectivity index (χ3n) is 2.78. The number of halogens is 1. The summed E-state index contributed by atoms with van der Waals surface area (Å²) in [5.41, 5.74) is 0.513. The first-order chi connectivity index (χ1) is 10.5. The smallest absolute Gasteiger partial charge is 0.236 e. The van der Waals surface area contributed by atoms with Gasteiger partial charge >= 0.3 is 0 Å². The molecule has 0 fully saturated rings. The Morgan fingerprint density at radius 3 is 2.41 bits per heavy atom. The Balaban J connectivity index is 1.86. The summed E-state index contributed by atoms with van der Waals surface area (Å²) >= 11 is 3.29. The van der Waals surface area contributed by atoms with E-state index in [0.29, 0.717) is 11.4 Å². The lowest BCUT2D eigenvalue weighted by atomic mass is 10.3. The first-order valence-corrected chi connectivity index (χ1v) is 8.96. The summed E-state index contributed by atoms with van der Waals surface area (Å²) in [5, 5.41) is 0. The highest BCUT2D eigenvalue weighted by atomic mass is 79.9. The summed E-state index contributed by atoms with van der Waals surface area (Å²) in [7, 11) is -1.88. The maximum absolute atomic E-state index is 12.0. The van der Waals surface area contributed by atoms with Crippen molar-refractivity contribution in [2.24, 2.45) is 0 Å². The van der Waals surface area contributed by atoms with Gasteiger partial charge in [0.05, 0.1) is 7.11 Å². The Bertz CT molecular complexity index is 717. The van der Waals surface area contributed by atoms with E-state index in [4.69, 9.17) is 9.47 Å². The SMILES string of the molecule is COc1ccc(OCCS(=O)(=O)Nc2cccc(Br)c2)cc1. The normalized spacial score (nSPS) is 11.0. The monoisotopic (exact) mass is 385 g/mol. The molecule has 0 aromatic heterocycles. The van der Waals surface area contributed by atoms with Crippen LogP contribution in [0.1, 0.15) is 0 Å². The van der Waals surface area contributed by atoms with Gasteiger partial charge in [0.1, 0.15) is 23.9 Å². The molecule has 0 bridgehead atoms. The molecule has 0 spiro atoms. The molecule has 2 rings (SSSR count). The highest BCUT2D eigenvalue weighted by Crippen LogP contribution is 2.18. The molecule has 2 aromatic rings. The summed E-state index contributed by atoms with van der Waals surface area (Å²) in [5.74, 6) is 1.18. The lowest BCUT2D eigenvalue weighted by Gasteiger charge is -2.10. The standard InChI is InChI=1S/C15H16BrNO4S/c1-20-14-5-7-15(8-6-14)21-9-10-22(18,19)17-13-4-2-3-12(16)11-13/h2-8,11,17H,9-10H2,1H3. The number of nitrogens with one attached hydrogen (secondary N) is 1. The van der Waals surface area contributed by atoms with Gasteiger partial charge in [-0.1, -0.05) is 22.0 Å². The molecular formula is C15H16BrNO4S. The highest BCUT2D eigenvalue weighted by Gasteiger charge is 2.11. The number of ether oxygens (including phenoxy) is 2. The van der Waals surface area contributed by atoms with Crippen molar-refractivity contribution in [3.8, 4) is 11.5 Å². The van der Waals surface area contributed by atoms with E-state index in [1.165, 1.54) is 0 Å². The minimum Gasteiger partial charge on any atom is -0.497 e. The highest BCUT2D eigenvalue weighted by molar-refractivity contribution is 9.10. The van der Waals surface area contributed by atoms with E-state index in [2.05, 4.69) is 20.7 Å². The second kappa shape index (κ2) is 7.51. The van der Waals surface area contributed by atoms with E-state index in [9.17, 15) is 8.42 Å². The zero-order valence-electron chi connectivity index (χ0n) is 12.0. The Labute approximate surface area is 138 Å². The van der Waals surface area contributed by atoms with Crippen LogP contribution in [0.4, 0.5) is 5.69 Å². The van der Waals surface area contributed by atoms with Crippen molar-refractivity contribution in [2.45, 2.75) is 0 Å². The molecule has 0 atom stereocenters. The van der Waals surface area contributed by atoms with E-state index in [1.807, 2.05) is 6.07 Å². The van der Waals surface area contributed by atoms with Crippen LogP contribution in [0.2, 0.25) is 0 Å². The van der Waals surface area contributed by atoms with Gasteiger partial charge in [-0.25, -0.2) is 8.42 Å². The summed E-state index contributed by atoms with van der Waals surface area (Å²) in [6.45, 7) is 0.0651. The minimum absolute atomic E-state index is 0.0651. The summed E-state index contributed by atoms with van der Waals surface area (Å²) in [4.78, 5) is 0. The van der Waals surface area contributed by atoms with Crippen molar-refractivity contribution in [3.63, 3.8) is 0 Å². The van der Waals surface area contributed by atoms with E-state index in [-0.39, 0.29) is 12.4 Å². The fourth-order valence-electron chi connectivity index (χ4n) is 1.72. The Morgan fingerprint density at radius 2 is 1.77 bits per heavy atom. The molecule has 0 unspecified atom stereocenters. The van der Waals surface area contributed by atoms with Crippen molar-refractivity contribution in [2.75, 3.05) is 24.2 Å². The molecule has 2 aromatic carbocycles. The van der Waals surface area contributed by atoms with Crippen molar-refractivity contribution >= 4 is 31.6 Å². The quantitative estimate of drug-likeness (QED) is 0.793. The summed E-state index contributed by atoms with van der Waals surface area (Å²) in [6, 6.07) is 13.9. The first kappa shape index (κ1) is 16.6. The van der Waals surface area contributed by atoms with Gasteiger partial charge in [0.25, 0.3) is 0 Å². The molecule has 0 aliphatic heterocycles. The molecule has 5 nitrogen and oxygen atoms in total. The van der Waals surface area contributed by atoms with Crippen LogP contribution in [-0.4, -0.2) is 27.9 Å². The number of benzene rings is 2. The molecular weight excluding hydrogens is 370 g/mol. The molecule has 0 aliphatic carbocycles. The van der Waals surface area contributed by atoms with Crippen molar-refractivity contribution < 1.29 is 17.9 Å². The number of sulfonamides is 1. The van der Waals surface area contributed by atoms with Gasteiger partial charge in [-0.3, -0.25) is 4.72 Å². The zero-order valence-corrected chi connectivity index (χ0v) is 14.4. The van der Waals surface area contributed by atoms with Crippen LogP contribution in [0.15, 0.2) is 53.0 Å².